The molecule has 2 rings (SSSR count). The first-order chi connectivity index (χ1) is 8.98. The van der Waals surface area contributed by atoms with Gasteiger partial charge in [-0.05, 0) is 0 Å². The van der Waals surface area contributed by atoms with Crippen LogP contribution in [0.3, 0.4) is 0 Å². The molecule has 0 aromatic heterocycles. The zero-order chi connectivity index (χ0) is 13.9. The Hall–Kier alpha value is -0.831. The van der Waals surface area contributed by atoms with Gasteiger partial charge in [0, 0.05) is 0 Å². The summed E-state index contributed by atoms with van der Waals surface area (Å²) < 4.78 is 7.00. The second-order valence-electron chi connectivity index (χ2n) is 5.64. The average Bonchev–Trinajstić information content (AvgIpc) is 2.63. The summed E-state index contributed by atoms with van der Waals surface area (Å²) in [5, 5.41) is 0.958. The summed E-state index contributed by atoms with van der Waals surface area (Å²) in [7, 11) is 3.99. The number of rotatable bonds is 5. The Kier molecular flexibility index (Phi) is 4.67. The Morgan fingerprint density at radius 3 is 2.68 bits per heavy atom. The Morgan fingerprint density at radius 2 is 2.05 bits per heavy atom. The second-order valence-corrected chi connectivity index (χ2v) is 7.84. The third kappa shape index (κ3) is 4.07. The number of hydrogen-bond acceptors (Lipinski definition) is 3. The zero-order valence-electron chi connectivity index (χ0n) is 11.8. The van der Waals surface area contributed by atoms with Crippen molar-refractivity contribution in [2.45, 2.75) is 24.3 Å². The molecule has 0 saturated carbocycles. The molecule has 1 aliphatic heterocycles. The summed E-state index contributed by atoms with van der Waals surface area (Å²) in [5.74, 6) is 0.00614. The molecule has 1 fully saturated rings. The van der Waals surface area contributed by atoms with E-state index in [0.717, 1.165) is 18.3 Å². The third-order valence-electron chi connectivity index (χ3n) is 3.23. The first kappa shape index (κ1) is 14.6. The van der Waals surface area contributed by atoms with E-state index >= 15 is 0 Å². The van der Waals surface area contributed by atoms with Gasteiger partial charge in [-0.15, -0.1) is 0 Å². The van der Waals surface area contributed by atoms with Gasteiger partial charge in [-0.25, -0.2) is 0 Å². The monoisotopic (exact) mass is 327 g/mol. The second kappa shape index (κ2) is 6.08. The van der Waals surface area contributed by atoms with Gasteiger partial charge >= 0.3 is 121 Å². The summed E-state index contributed by atoms with van der Waals surface area (Å²) in [6.07, 6.45) is 0.846. The molecule has 1 aliphatic rings. The van der Waals surface area contributed by atoms with Gasteiger partial charge in [0.1, 0.15) is 0 Å². The van der Waals surface area contributed by atoms with Crippen LogP contribution in [0.25, 0.3) is 0 Å². The molecular weight excluding hydrogens is 305 g/mol. The van der Waals surface area contributed by atoms with Crippen molar-refractivity contribution in [3.05, 3.63) is 30.3 Å². The quantitative estimate of drug-likeness (QED) is 0.604. The number of hydrogen-bond donors (Lipinski definition) is 0. The van der Waals surface area contributed by atoms with E-state index in [0.29, 0.717) is 15.0 Å². The van der Waals surface area contributed by atoms with Crippen LogP contribution in [0.4, 0.5) is 0 Å². The van der Waals surface area contributed by atoms with E-state index in [4.69, 9.17) is 4.74 Å². The molecule has 0 amide bonds. The molecule has 0 aliphatic carbocycles. The topological polar surface area (TPSA) is 29.5 Å². The van der Waals surface area contributed by atoms with Crippen LogP contribution >= 0.6 is 0 Å². The molecule has 1 heterocycles. The minimum absolute atomic E-state index is 0.0277. The fourth-order valence-electron chi connectivity index (χ4n) is 2.39. The van der Waals surface area contributed by atoms with Gasteiger partial charge in [0.25, 0.3) is 0 Å². The molecule has 4 heteroatoms. The molecule has 0 spiro atoms. The van der Waals surface area contributed by atoms with Crippen molar-refractivity contribution in [2.24, 2.45) is 5.92 Å². The molecule has 1 aromatic carbocycles. The minimum atomic E-state index is -0.270. The molecule has 19 heavy (non-hydrogen) atoms. The van der Waals surface area contributed by atoms with Gasteiger partial charge in [0.15, 0.2) is 0 Å². The maximum absolute atomic E-state index is 11.9. The summed E-state index contributed by atoms with van der Waals surface area (Å²) in [6, 6.07) is 10.5. The summed E-state index contributed by atoms with van der Waals surface area (Å²) >= 11 is 0.364. The number of benzene rings is 1. The van der Waals surface area contributed by atoms with Crippen LogP contribution in [0.2, 0.25) is 5.32 Å². The van der Waals surface area contributed by atoms with Crippen LogP contribution in [-0.2, 0) is 9.53 Å². The maximum atomic E-state index is 11.9. The van der Waals surface area contributed by atoms with Crippen LogP contribution < -0.4 is 4.46 Å². The number of cyclic esters (lactones) is 1. The molecule has 1 saturated heterocycles. The average molecular weight is 326 g/mol. The Bertz CT molecular complexity index is 435. The number of ether oxygens (including phenoxy) is 1. The van der Waals surface area contributed by atoms with E-state index < -0.39 is 0 Å². The van der Waals surface area contributed by atoms with E-state index in [1.54, 1.807) is 0 Å². The SMILES string of the molecule is CN(C)CC1CC(C)(C[Se]c2ccccc2)OC1=O. The van der Waals surface area contributed by atoms with Gasteiger partial charge in [0.2, 0.25) is 0 Å². The number of carbonyl (C=O) groups excluding carboxylic acids is 1. The Labute approximate surface area is 121 Å². The molecule has 3 nitrogen and oxygen atoms in total. The van der Waals surface area contributed by atoms with Crippen LogP contribution in [0, 0.1) is 5.92 Å². The molecule has 1 aromatic rings. The first-order valence-corrected chi connectivity index (χ1v) is 8.61. The van der Waals surface area contributed by atoms with E-state index in [2.05, 4.69) is 36.1 Å². The third-order valence-corrected chi connectivity index (χ3v) is 6.09. The van der Waals surface area contributed by atoms with Crippen molar-refractivity contribution < 1.29 is 9.53 Å². The van der Waals surface area contributed by atoms with Crippen LogP contribution in [0.15, 0.2) is 30.3 Å². The van der Waals surface area contributed by atoms with E-state index in [9.17, 15) is 4.79 Å². The van der Waals surface area contributed by atoms with E-state index in [1.807, 2.05) is 20.2 Å². The van der Waals surface area contributed by atoms with Crippen LogP contribution in [0.1, 0.15) is 13.3 Å². The van der Waals surface area contributed by atoms with E-state index in [-0.39, 0.29) is 17.5 Å². The van der Waals surface area contributed by atoms with Crippen molar-refractivity contribution in [2.75, 3.05) is 20.6 Å². The van der Waals surface area contributed by atoms with E-state index in [1.165, 1.54) is 4.46 Å². The number of esters is 1. The Balaban J connectivity index is 1.91. The van der Waals surface area contributed by atoms with Crippen molar-refractivity contribution in [1.82, 2.24) is 4.90 Å². The molecular formula is C15H21NO2Se. The summed E-state index contributed by atoms with van der Waals surface area (Å²) in [6.45, 7) is 2.86. The van der Waals surface area contributed by atoms with Crippen LogP contribution in [0.5, 0.6) is 0 Å². The molecule has 104 valence electrons. The van der Waals surface area contributed by atoms with Gasteiger partial charge in [-0.3, -0.25) is 0 Å². The van der Waals surface area contributed by atoms with Crippen molar-refractivity contribution in [3.8, 4) is 0 Å². The fourth-order valence-corrected chi connectivity index (χ4v) is 4.49. The van der Waals surface area contributed by atoms with Gasteiger partial charge in [0.05, 0.1) is 0 Å². The Morgan fingerprint density at radius 1 is 1.37 bits per heavy atom. The van der Waals surface area contributed by atoms with Gasteiger partial charge in [-0.1, -0.05) is 0 Å². The molecule has 0 bridgehead atoms. The molecule has 2 atom stereocenters. The standard InChI is InChI=1S/C15H21NO2Se/c1-15(11-19-13-7-5-4-6-8-13)9-12(10-16(2)3)14(17)18-15/h4-8,12H,9-11H2,1-3H3. The number of nitrogens with zero attached hydrogens (tertiary/aromatic N) is 1. The van der Waals surface area contributed by atoms with Crippen LogP contribution in [-0.4, -0.2) is 52.1 Å². The van der Waals surface area contributed by atoms with Gasteiger partial charge < -0.3 is 0 Å². The fraction of sp³-hybridized carbons (Fsp3) is 0.533. The number of carbonyl (C=O) groups is 1. The summed E-state index contributed by atoms with van der Waals surface area (Å²) in [4.78, 5) is 14.0. The molecule has 0 N–H and O–H groups in total. The van der Waals surface area contributed by atoms with Crippen molar-refractivity contribution in [3.63, 3.8) is 0 Å². The molecule has 2 unspecified atom stereocenters. The zero-order valence-corrected chi connectivity index (χ0v) is 13.5. The predicted molar refractivity (Wildman–Crippen MR) is 77.8 cm³/mol. The first-order valence-electron chi connectivity index (χ1n) is 6.54. The molecule has 0 radical (unpaired) electrons. The summed E-state index contributed by atoms with van der Waals surface area (Å²) in [5.41, 5.74) is -0.270. The predicted octanol–water partition coefficient (Wildman–Crippen LogP) is 1.32. The van der Waals surface area contributed by atoms with Crippen molar-refractivity contribution >= 4 is 25.4 Å². The normalized spacial score (nSPS) is 26.7. The van der Waals surface area contributed by atoms with Crippen molar-refractivity contribution in [1.29, 1.82) is 0 Å². The van der Waals surface area contributed by atoms with Gasteiger partial charge in [-0.2, -0.15) is 0 Å².